The van der Waals surface area contributed by atoms with Crippen LogP contribution in [0.15, 0.2) is 24.3 Å². The van der Waals surface area contributed by atoms with E-state index < -0.39 is 35.9 Å². The molecule has 1 fully saturated rings. The molecule has 31 heavy (non-hydrogen) atoms. The van der Waals surface area contributed by atoms with Crippen molar-refractivity contribution in [2.75, 3.05) is 5.75 Å². The smallest absolute Gasteiger partial charge is 0.326 e. The Morgan fingerprint density at radius 2 is 1.84 bits per heavy atom. The first-order valence-corrected chi connectivity index (χ1v) is 11.5. The first kappa shape index (κ1) is 23.1. The molecule has 2 heterocycles. The Kier molecular flexibility index (Phi) is 6.93. The number of amides is 3. The lowest BCUT2D eigenvalue weighted by Crippen LogP contribution is -2.56. The van der Waals surface area contributed by atoms with Crippen LogP contribution in [0.5, 0.6) is 0 Å². The maximum Gasteiger partial charge on any atom is 0.326 e. The molecule has 3 N–H and O–H groups in total. The van der Waals surface area contributed by atoms with E-state index in [1.165, 1.54) is 11.8 Å². The molecule has 0 aliphatic carbocycles. The summed E-state index contributed by atoms with van der Waals surface area (Å²) in [6.07, 6.45) is 0.361. The number of carboxylic acid groups (broad SMARTS) is 1. The molecular formula is C22H29N3O5S. The van der Waals surface area contributed by atoms with Gasteiger partial charge in [-0.25, -0.2) is 4.79 Å². The first-order valence-electron chi connectivity index (χ1n) is 10.5. The Morgan fingerprint density at radius 1 is 1.16 bits per heavy atom. The summed E-state index contributed by atoms with van der Waals surface area (Å²) in [5.41, 5.74) is 1.51. The van der Waals surface area contributed by atoms with Gasteiger partial charge in [0, 0.05) is 11.3 Å². The monoisotopic (exact) mass is 447 g/mol. The van der Waals surface area contributed by atoms with Crippen molar-refractivity contribution in [3.8, 4) is 0 Å². The van der Waals surface area contributed by atoms with E-state index in [2.05, 4.69) is 10.6 Å². The van der Waals surface area contributed by atoms with Gasteiger partial charge in [0.2, 0.25) is 11.8 Å². The molecule has 168 valence electrons. The predicted molar refractivity (Wildman–Crippen MR) is 117 cm³/mol. The van der Waals surface area contributed by atoms with E-state index in [1.54, 1.807) is 30.9 Å². The van der Waals surface area contributed by atoms with Gasteiger partial charge in [0.1, 0.15) is 23.5 Å². The van der Waals surface area contributed by atoms with E-state index in [-0.39, 0.29) is 23.1 Å². The minimum absolute atomic E-state index is 0.0988. The van der Waals surface area contributed by atoms with Crippen LogP contribution in [-0.4, -0.2) is 57.6 Å². The SMILES string of the molecule is CC(C)CC(NC(=O)C1CSC2c3ccccc3C(=O)N12)C(=O)NC(C(=O)O)C(C)C. The minimum atomic E-state index is -1.12. The molecule has 4 atom stereocenters. The number of rotatable bonds is 8. The molecule has 0 bridgehead atoms. The van der Waals surface area contributed by atoms with E-state index >= 15 is 0 Å². The lowest BCUT2D eigenvalue weighted by Gasteiger charge is -2.27. The number of nitrogens with zero attached hydrogens (tertiary/aromatic N) is 1. The van der Waals surface area contributed by atoms with Crippen LogP contribution in [0.4, 0.5) is 0 Å². The van der Waals surface area contributed by atoms with Crippen molar-refractivity contribution in [2.24, 2.45) is 11.8 Å². The predicted octanol–water partition coefficient (Wildman–Crippen LogP) is 2.01. The van der Waals surface area contributed by atoms with Crippen LogP contribution in [0.2, 0.25) is 0 Å². The molecule has 0 saturated carbocycles. The van der Waals surface area contributed by atoms with Crippen LogP contribution in [-0.2, 0) is 14.4 Å². The zero-order valence-corrected chi connectivity index (χ0v) is 18.9. The van der Waals surface area contributed by atoms with Gasteiger partial charge in [-0.15, -0.1) is 11.8 Å². The van der Waals surface area contributed by atoms with Crippen LogP contribution < -0.4 is 10.6 Å². The quantitative estimate of drug-likeness (QED) is 0.561. The molecule has 1 aromatic rings. The van der Waals surface area contributed by atoms with Gasteiger partial charge < -0.3 is 20.6 Å². The van der Waals surface area contributed by atoms with Crippen LogP contribution in [0, 0.1) is 11.8 Å². The number of hydrogen-bond donors (Lipinski definition) is 3. The second-order valence-electron chi connectivity index (χ2n) is 8.76. The highest BCUT2D eigenvalue weighted by Crippen LogP contribution is 2.48. The zero-order valence-electron chi connectivity index (χ0n) is 18.1. The Bertz CT molecular complexity index is 888. The summed E-state index contributed by atoms with van der Waals surface area (Å²) in [6, 6.07) is 4.74. The highest BCUT2D eigenvalue weighted by Gasteiger charge is 2.48. The minimum Gasteiger partial charge on any atom is -0.480 e. The fourth-order valence-electron chi connectivity index (χ4n) is 3.98. The molecule has 1 saturated heterocycles. The fraction of sp³-hybridized carbons (Fsp3) is 0.545. The van der Waals surface area contributed by atoms with Crippen molar-refractivity contribution in [1.29, 1.82) is 0 Å². The number of benzene rings is 1. The molecular weight excluding hydrogens is 418 g/mol. The highest BCUT2D eigenvalue weighted by molar-refractivity contribution is 7.99. The van der Waals surface area contributed by atoms with Gasteiger partial charge in [-0.3, -0.25) is 14.4 Å². The molecule has 0 aromatic heterocycles. The standard InChI is InChI=1S/C22H29N3O5S/c1-11(2)9-15(18(26)24-17(12(3)4)22(29)30)23-19(27)16-10-31-21-14-8-6-5-7-13(14)20(28)25(16)21/h5-8,11-12,15-17,21H,9-10H2,1-4H3,(H,23,27)(H,24,26)(H,29,30). The number of carboxylic acids is 1. The second-order valence-corrected chi connectivity index (χ2v) is 9.87. The number of carbonyl (C=O) groups is 4. The maximum absolute atomic E-state index is 13.1. The summed E-state index contributed by atoms with van der Waals surface area (Å²) in [7, 11) is 0. The average molecular weight is 448 g/mol. The third-order valence-electron chi connectivity index (χ3n) is 5.57. The third kappa shape index (κ3) is 4.71. The van der Waals surface area contributed by atoms with Gasteiger partial charge in [0.05, 0.1) is 0 Å². The number of fused-ring (bicyclic) bond motifs is 3. The summed E-state index contributed by atoms with van der Waals surface area (Å²) >= 11 is 1.53. The number of carbonyl (C=O) groups excluding carboxylic acids is 3. The fourth-order valence-corrected chi connectivity index (χ4v) is 5.45. The van der Waals surface area contributed by atoms with Gasteiger partial charge in [0.15, 0.2) is 0 Å². The highest BCUT2D eigenvalue weighted by atomic mass is 32.2. The molecule has 2 aliphatic rings. The van der Waals surface area contributed by atoms with E-state index in [9.17, 15) is 24.3 Å². The van der Waals surface area contributed by atoms with Gasteiger partial charge >= 0.3 is 5.97 Å². The van der Waals surface area contributed by atoms with Crippen molar-refractivity contribution in [1.82, 2.24) is 15.5 Å². The largest absolute Gasteiger partial charge is 0.480 e. The summed E-state index contributed by atoms with van der Waals surface area (Å²) < 4.78 is 0. The third-order valence-corrected chi connectivity index (χ3v) is 6.87. The van der Waals surface area contributed by atoms with Crippen LogP contribution in [0.1, 0.15) is 55.4 Å². The number of thioether (sulfide) groups is 1. The summed E-state index contributed by atoms with van der Waals surface area (Å²) in [5, 5.41) is 14.5. The lowest BCUT2D eigenvalue weighted by atomic mass is 10.00. The lowest BCUT2D eigenvalue weighted by molar-refractivity contribution is -0.143. The maximum atomic E-state index is 13.1. The topological polar surface area (TPSA) is 116 Å². The molecule has 2 aliphatic heterocycles. The normalized spacial score (nSPS) is 21.6. The average Bonchev–Trinajstić information content (AvgIpc) is 3.25. The van der Waals surface area contributed by atoms with Crippen molar-refractivity contribution in [2.45, 2.75) is 57.6 Å². The van der Waals surface area contributed by atoms with Gasteiger partial charge in [-0.05, 0) is 29.9 Å². The molecule has 3 amide bonds. The van der Waals surface area contributed by atoms with Gasteiger partial charge in [-0.2, -0.15) is 0 Å². The summed E-state index contributed by atoms with van der Waals surface area (Å²) in [4.78, 5) is 51.9. The van der Waals surface area contributed by atoms with Crippen LogP contribution in [0.3, 0.4) is 0 Å². The molecule has 8 nitrogen and oxygen atoms in total. The summed E-state index contributed by atoms with van der Waals surface area (Å²) in [6.45, 7) is 7.26. The van der Waals surface area contributed by atoms with Crippen molar-refractivity contribution in [3.05, 3.63) is 35.4 Å². The van der Waals surface area contributed by atoms with E-state index in [4.69, 9.17) is 0 Å². The molecule has 1 aromatic carbocycles. The van der Waals surface area contributed by atoms with E-state index in [1.807, 2.05) is 26.0 Å². The first-order chi connectivity index (χ1) is 14.6. The molecule has 4 unspecified atom stereocenters. The van der Waals surface area contributed by atoms with Crippen LogP contribution >= 0.6 is 11.8 Å². The van der Waals surface area contributed by atoms with E-state index in [0.717, 1.165) is 5.56 Å². The van der Waals surface area contributed by atoms with Gasteiger partial charge in [0.25, 0.3) is 5.91 Å². The van der Waals surface area contributed by atoms with Crippen molar-refractivity contribution >= 4 is 35.5 Å². The molecule has 9 heteroatoms. The summed E-state index contributed by atoms with van der Waals surface area (Å²) in [5.74, 6) is -1.98. The Balaban J connectivity index is 1.74. The second kappa shape index (κ2) is 9.30. The number of hydrogen-bond acceptors (Lipinski definition) is 5. The van der Waals surface area contributed by atoms with Crippen LogP contribution in [0.25, 0.3) is 0 Å². The van der Waals surface area contributed by atoms with Gasteiger partial charge in [-0.1, -0.05) is 45.9 Å². The Hall–Kier alpha value is -2.55. The Labute approximate surface area is 186 Å². The van der Waals surface area contributed by atoms with E-state index in [0.29, 0.717) is 17.7 Å². The number of nitrogens with one attached hydrogen (secondary N) is 2. The molecule has 3 rings (SSSR count). The van der Waals surface area contributed by atoms with Crippen molar-refractivity contribution in [3.63, 3.8) is 0 Å². The molecule has 0 spiro atoms. The van der Waals surface area contributed by atoms with Crippen molar-refractivity contribution < 1.29 is 24.3 Å². The molecule has 0 radical (unpaired) electrons. The number of aliphatic carboxylic acids is 1. The Morgan fingerprint density at radius 3 is 2.45 bits per heavy atom. The zero-order chi connectivity index (χ0) is 22.9.